The molecule has 1 N–H and O–H groups in total. The van der Waals surface area contributed by atoms with E-state index >= 15 is 0 Å². The zero-order valence-corrected chi connectivity index (χ0v) is 11.4. The Morgan fingerprint density at radius 3 is 3.16 bits per heavy atom. The van der Waals surface area contributed by atoms with Crippen LogP contribution in [0.5, 0.6) is 0 Å². The largest absolute Gasteiger partial charge is 0.395 e. The minimum Gasteiger partial charge on any atom is -0.395 e. The number of hydrogen-bond acceptors (Lipinski definition) is 3. The lowest BCUT2D eigenvalue weighted by atomic mass is 9.91. The Hall–Kier alpha value is -1.39. The molecular weight excluding hydrogens is 238 g/mol. The molecule has 102 valence electrons. The normalized spacial score (nSPS) is 24.9. The van der Waals surface area contributed by atoms with E-state index in [1.807, 2.05) is 24.4 Å². The number of rotatable bonds is 3. The van der Waals surface area contributed by atoms with Crippen LogP contribution in [-0.2, 0) is 6.54 Å². The van der Waals surface area contributed by atoms with Gasteiger partial charge in [0.15, 0.2) is 0 Å². The van der Waals surface area contributed by atoms with Crippen LogP contribution in [-0.4, -0.2) is 38.6 Å². The molecule has 3 rings (SSSR count). The number of aliphatic hydroxyl groups excluding tert-OH is 1. The predicted molar refractivity (Wildman–Crippen MR) is 74.9 cm³/mol. The van der Waals surface area contributed by atoms with E-state index in [1.165, 1.54) is 18.5 Å². The molecule has 19 heavy (non-hydrogen) atoms. The van der Waals surface area contributed by atoms with Crippen molar-refractivity contribution >= 4 is 5.65 Å². The van der Waals surface area contributed by atoms with Crippen molar-refractivity contribution in [1.82, 2.24) is 14.3 Å². The maximum Gasteiger partial charge on any atom is 0.136 e. The van der Waals surface area contributed by atoms with Crippen LogP contribution in [0.15, 0.2) is 30.6 Å². The van der Waals surface area contributed by atoms with E-state index in [-0.39, 0.29) is 12.6 Å². The fraction of sp³-hybridized carbons (Fsp3) is 0.533. The third kappa shape index (κ3) is 2.38. The van der Waals surface area contributed by atoms with E-state index in [0.717, 1.165) is 18.7 Å². The van der Waals surface area contributed by atoms with Gasteiger partial charge in [0.25, 0.3) is 0 Å². The predicted octanol–water partition coefficient (Wildman–Crippen LogP) is 1.93. The standard InChI is InChI=1S/C15H21N3O/c1-12-5-4-7-17(14(12)11-19)10-13-9-16-15-6-2-3-8-18(13)15/h2-3,6,8-9,12,14,19H,4-5,7,10-11H2,1H3. The first kappa shape index (κ1) is 12.6. The number of pyridine rings is 1. The molecule has 4 nitrogen and oxygen atoms in total. The first-order chi connectivity index (χ1) is 9.29. The van der Waals surface area contributed by atoms with Gasteiger partial charge in [-0.2, -0.15) is 0 Å². The number of likely N-dealkylation sites (tertiary alicyclic amines) is 1. The molecule has 0 aromatic carbocycles. The summed E-state index contributed by atoms with van der Waals surface area (Å²) >= 11 is 0. The van der Waals surface area contributed by atoms with Gasteiger partial charge in [-0.1, -0.05) is 13.0 Å². The molecule has 1 aliphatic heterocycles. The van der Waals surface area contributed by atoms with Crippen LogP contribution in [0.1, 0.15) is 25.5 Å². The van der Waals surface area contributed by atoms with Gasteiger partial charge in [0.05, 0.1) is 18.5 Å². The SMILES string of the molecule is CC1CCCN(Cc2cnc3ccccn23)C1CO. The fourth-order valence-corrected chi connectivity index (χ4v) is 3.14. The lowest BCUT2D eigenvalue weighted by Gasteiger charge is -2.38. The second-order valence-electron chi connectivity index (χ2n) is 5.52. The Morgan fingerprint density at radius 1 is 1.42 bits per heavy atom. The Bertz CT molecular complexity index is 551. The highest BCUT2D eigenvalue weighted by atomic mass is 16.3. The van der Waals surface area contributed by atoms with E-state index in [0.29, 0.717) is 5.92 Å². The van der Waals surface area contributed by atoms with Crippen LogP contribution in [0.25, 0.3) is 5.65 Å². The van der Waals surface area contributed by atoms with E-state index in [2.05, 4.69) is 27.4 Å². The Labute approximate surface area is 113 Å². The summed E-state index contributed by atoms with van der Waals surface area (Å²) in [6.45, 7) is 4.41. The summed E-state index contributed by atoms with van der Waals surface area (Å²) in [4.78, 5) is 6.82. The highest BCUT2D eigenvalue weighted by Crippen LogP contribution is 2.24. The van der Waals surface area contributed by atoms with Crippen LogP contribution in [0.4, 0.5) is 0 Å². The monoisotopic (exact) mass is 259 g/mol. The number of aromatic nitrogens is 2. The van der Waals surface area contributed by atoms with Gasteiger partial charge in [0, 0.05) is 18.8 Å². The van der Waals surface area contributed by atoms with Gasteiger partial charge < -0.3 is 9.51 Å². The molecular formula is C15H21N3O. The first-order valence-electron chi connectivity index (χ1n) is 7.05. The van der Waals surface area contributed by atoms with E-state index in [4.69, 9.17) is 0 Å². The average molecular weight is 259 g/mol. The number of fused-ring (bicyclic) bond motifs is 1. The molecule has 1 saturated heterocycles. The van der Waals surface area contributed by atoms with Crippen LogP contribution < -0.4 is 0 Å². The molecule has 0 spiro atoms. The summed E-state index contributed by atoms with van der Waals surface area (Å²) in [7, 11) is 0. The molecule has 1 aliphatic rings. The number of piperidine rings is 1. The lowest BCUT2D eigenvalue weighted by molar-refractivity contribution is 0.0462. The summed E-state index contributed by atoms with van der Waals surface area (Å²) in [5.41, 5.74) is 2.19. The topological polar surface area (TPSA) is 40.8 Å². The molecule has 3 heterocycles. The lowest BCUT2D eigenvalue weighted by Crippen LogP contribution is -2.46. The highest BCUT2D eigenvalue weighted by molar-refractivity contribution is 5.39. The second-order valence-corrected chi connectivity index (χ2v) is 5.52. The van der Waals surface area contributed by atoms with Crippen molar-refractivity contribution in [3.8, 4) is 0 Å². The molecule has 0 radical (unpaired) electrons. The summed E-state index contributed by atoms with van der Waals surface area (Å²) < 4.78 is 2.13. The highest BCUT2D eigenvalue weighted by Gasteiger charge is 2.28. The van der Waals surface area contributed by atoms with Crippen LogP contribution >= 0.6 is 0 Å². The molecule has 2 aromatic heterocycles. The summed E-state index contributed by atoms with van der Waals surface area (Å²) in [5.74, 6) is 0.568. The van der Waals surface area contributed by atoms with Crippen molar-refractivity contribution in [2.75, 3.05) is 13.2 Å². The molecule has 4 heteroatoms. The van der Waals surface area contributed by atoms with Gasteiger partial charge in [-0.3, -0.25) is 4.90 Å². The Morgan fingerprint density at radius 2 is 2.32 bits per heavy atom. The van der Waals surface area contributed by atoms with Crippen molar-refractivity contribution in [1.29, 1.82) is 0 Å². The third-order valence-electron chi connectivity index (χ3n) is 4.28. The smallest absolute Gasteiger partial charge is 0.136 e. The van der Waals surface area contributed by atoms with E-state index in [1.54, 1.807) is 0 Å². The van der Waals surface area contributed by atoms with Gasteiger partial charge in [-0.05, 0) is 37.4 Å². The Balaban J connectivity index is 1.83. The maximum atomic E-state index is 9.61. The van der Waals surface area contributed by atoms with Gasteiger partial charge in [0.2, 0.25) is 0 Å². The number of hydrogen-bond donors (Lipinski definition) is 1. The minimum atomic E-state index is 0.248. The van der Waals surface area contributed by atoms with Crippen molar-refractivity contribution in [2.24, 2.45) is 5.92 Å². The van der Waals surface area contributed by atoms with Crippen molar-refractivity contribution in [3.63, 3.8) is 0 Å². The van der Waals surface area contributed by atoms with Crippen LogP contribution in [0, 0.1) is 5.92 Å². The quantitative estimate of drug-likeness (QED) is 0.915. The third-order valence-corrected chi connectivity index (χ3v) is 4.28. The maximum absolute atomic E-state index is 9.61. The number of aliphatic hydroxyl groups is 1. The minimum absolute atomic E-state index is 0.248. The molecule has 0 saturated carbocycles. The van der Waals surface area contributed by atoms with Crippen molar-refractivity contribution in [2.45, 2.75) is 32.4 Å². The zero-order valence-electron chi connectivity index (χ0n) is 11.4. The van der Waals surface area contributed by atoms with Crippen molar-refractivity contribution < 1.29 is 5.11 Å². The average Bonchev–Trinajstić information content (AvgIpc) is 2.83. The Kier molecular flexibility index (Phi) is 3.53. The fourth-order valence-electron chi connectivity index (χ4n) is 3.14. The van der Waals surface area contributed by atoms with Crippen LogP contribution in [0.3, 0.4) is 0 Å². The summed E-state index contributed by atoms with van der Waals surface area (Å²) in [6.07, 6.45) is 6.44. The van der Waals surface area contributed by atoms with Gasteiger partial charge >= 0.3 is 0 Å². The molecule has 0 aliphatic carbocycles. The van der Waals surface area contributed by atoms with Crippen molar-refractivity contribution in [3.05, 3.63) is 36.3 Å². The molecule has 2 atom stereocenters. The number of imidazole rings is 1. The van der Waals surface area contributed by atoms with E-state index in [9.17, 15) is 5.11 Å². The van der Waals surface area contributed by atoms with Crippen LogP contribution in [0.2, 0.25) is 0 Å². The molecule has 2 aromatic rings. The zero-order chi connectivity index (χ0) is 13.2. The van der Waals surface area contributed by atoms with Gasteiger partial charge in [-0.25, -0.2) is 4.98 Å². The molecule has 2 unspecified atom stereocenters. The molecule has 1 fully saturated rings. The summed E-state index contributed by atoms with van der Waals surface area (Å²) in [5, 5.41) is 9.61. The molecule has 0 bridgehead atoms. The number of nitrogens with zero attached hydrogens (tertiary/aromatic N) is 3. The first-order valence-corrected chi connectivity index (χ1v) is 7.05. The summed E-state index contributed by atoms with van der Waals surface area (Å²) in [6, 6.07) is 6.33. The second kappa shape index (κ2) is 5.31. The molecule has 0 amide bonds. The van der Waals surface area contributed by atoms with Gasteiger partial charge in [0.1, 0.15) is 5.65 Å². The van der Waals surface area contributed by atoms with E-state index < -0.39 is 0 Å². The van der Waals surface area contributed by atoms with Gasteiger partial charge in [-0.15, -0.1) is 0 Å².